The van der Waals surface area contributed by atoms with Gasteiger partial charge >= 0.3 is 33.6 Å². The van der Waals surface area contributed by atoms with Crippen molar-refractivity contribution in [1.82, 2.24) is 0 Å². The molecule has 0 saturated carbocycles. The number of aliphatic hydroxyl groups excluding tert-OH is 2. The summed E-state index contributed by atoms with van der Waals surface area (Å²) in [5, 5.41) is 20.6. The van der Waals surface area contributed by atoms with Crippen LogP contribution in [0.15, 0.2) is 122 Å². The van der Waals surface area contributed by atoms with Crippen LogP contribution in [0.5, 0.6) is 0 Å². The second kappa shape index (κ2) is 69.8. The Balaban J connectivity index is 4.41. The standard InChI is InChI=1S/C77H132O16P2/c1-4-7-10-13-16-19-22-24-26-28-29-30-31-32-33-34-35-36-37-38-39-40-41-43-45-46-49-51-54-57-60-63-75(80)87-66-72(78)67-89-94(83,84)90-68-73(79)69-91-95(85,86)92-71-74(93-77(82)65-62-59-56-53-48-21-18-15-12-9-6-3)70-88-76(81)64-61-58-55-52-50-47-44-42-27-25-23-20-17-14-11-8-5-2/h7-8,10-11,16-17,19-20,24-27,29-30,32-33,44,47,52,55,72-74,78-79H,4-6,9,12-15,18,21-23,28,31,34-43,45-46,48-51,53-54,56-71H2,1-3H3,(H,83,84)(H,85,86)/b10-7-,11-8-,19-16-,20-17-,26-24-,27-25-,30-29-,33-32-,47-44-,55-52-. The molecule has 18 heteroatoms. The molecule has 5 atom stereocenters. The lowest BCUT2D eigenvalue weighted by molar-refractivity contribution is -0.161. The van der Waals surface area contributed by atoms with Gasteiger partial charge in [0.2, 0.25) is 0 Å². The highest BCUT2D eigenvalue weighted by Crippen LogP contribution is 2.45. The SMILES string of the molecule is CC/C=C\C/C=C\C/C=C\C/C=C\C/C=C\CCCCCCCCCCCCCCCCCC(=O)OCC(O)COP(=O)(O)OCC(O)COP(=O)(O)OCC(COC(=O)CCC/C=C\C/C=C\C/C=C\C/C=C\C/C=C\CC)OC(=O)CCCCCCCCCCCCC. The van der Waals surface area contributed by atoms with E-state index in [0.29, 0.717) is 25.7 Å². The zero-order chi connectivity index (χ0) is 69.5. The number of aliphatic hydroxyl groups is 2. The number of phosphoric acid groups is 2. The van der Waals surface area contributed by atoms with Gasteiger partial charge in [0.1, 0.15) is 25.4 Å². The molecule has 5 unspecified atom stereocenters. The second-order valence-electron chi connectivity index (χ2n) is 24.3. The van der Waals surface area contributed by atoms with E-state index in [-0.39, 0.29) is 19.3 Å². The molecule has 0 aliphatic rings. The van der Waals surface area contributed by atoms with Crippen molar-refractivity contribution in [2.24, 2.45) is 0 Å². The summed E-state index contributed by atoms with van der Waals surface area (Å²) in [6.07, 6.45) is 81.4. The summed E-state index contributed by atoms with van der Waals surface area (Å²) in [5.74, 6) is -1.64. The van der Waals surface area contributed by atoms with Crippen LogP contribution in [0.2, 0.25) is 0 Å². The average Bonchev–Trinajstić information content (AvgIpc) is 1.94. The highest BCUT2D eigenvalue weighted by molar-refractivity contribution is 7.47. The molecule has 95 heavy (non-hydrogen) atoms. The monoisotopic (exact) mass is 1370 g/mol. The van der Waals surface area contributed by atoms with Crippen LogP contribution in [0.3, 0.4) is 0 Å². The third kappa shape index (κ3) is 71.1. The lowest BCUT2D eigenvalue weighted by Crippen LogP contribution is -2.30. The van der Waals surface area contributed by atoms with Gasteiger partial charge < -0.3 is 34.2 Å². The molecule has 0 aromatic rings. The Kier molecular flexibility index (Phi) is 66.9. The summed E-state index contributed by atoms with van der Waals surface area (Å²) >= 11 is 0. The first kappa shape index (κ1) is 91.0. The third-order valence-electron chi connectivity index (χ3n) is 15.2. The molecule has 0 saturated heterocycles. The first-order chi connectivity index (χ1) is 46.2. The van der Waals surface area contributed by atoms with E-state index in [4.69, 9.17) is 32.3 Å². The van der Waals surface area contributed by atoms with E-state index >= 15 is 0 Å². The molecule has 546 valence electrons. The Morgan fingerprint density at radius 3 is 0.926 bits per heavy atom. The molecule has 0 aliphatic carbocycles. The van der Waals surface area contributed by atoms with Crippen LogP contribution in [0.4, 0.5) is 0 Å². The molecule has 16 nitrogen and oxygen atoms in total. The second-order valence-corrected chi connectivity index (χ2v) is 27.2. The van der Waals surface area contributed by atoms with Crippen molar-refractivity contribution in [3.8, 4) is 0 Å². The summed E-state index contributed by atoms with van der Waals surface area (Å²) < 4.78 is 60.8. The number of hydrogen-bond donors (Lipinski definition) is 4. The Labute approximate surface area is 576 Å². The van der Waals surface area contributed by atoms with Crippen molar-refractivity contribution in [3.63, 3.8) is 0 Å². The van der Waals surface area contributed by atoms with E-state index < -0.39 is 91.5 Å². The quantitative estimate of drug-likeness (QED) is 0.0146. The van der Waals surface area contributed by atoms with Crippen LogP contribution in [0.1, 0.15) is 290 Å². The van der Waals surface area contributed by atoms with Gasteiger partial charge in [0.15, 0.2) is 6.10 Å². The molecule has 0 bridgehead atoms. The summed E-state index contributed by atoms with van der Waals surface area (Å²) in [6, 6.07) is 0. The maximum atomic E-state index is 12.9. The van der Waals surface area contributed by atoms with Gasteiger partial charge in [-0.2, -0.15) is 0 Å². The fraction of sp³-hybridized carbons (Fsp3) is 0.701. The first-order valence-electron chi connectivity index (χ1n) is 36.8. The molecule has 0 spiro atoms. The molecule has 0 radical (unpaired) electrons. The maximum absolute atomic E-state index is 12.9. The number of esters is 3. The molecule has 0 heterocycles. The fourth-order valence-electron chi connectivity index (χ4n) is 9.63. The maximum Gasteiger partial charge on any atom is 0.472 e. The van der Waals surface area contributed by atoms with Crippen LogP contribution in [0.25, 0.3) is 0 Å². The van der Waals surface area contributed by atoms with E-state index in [0.717, 1.165) is 109 Å². The summed E-state index contributed by atoms with van der Waals surface area (Å²) in [5.41, 5.74) is 0. The zero-order valence-corrected chi connectivity index (χ0v) is 61.1. The normalized spacial score (nSPS) is 14.8. The number of rotatable bonds is 69. The van der Waals surface area contributed by atoms with Gasteiger partial charge in [-0.15, -0.1) is 0 Å². The van der Waals surface area contributed by atoms with E-state index in [1.807, 2.05) is 12.2 Å². The molecule has 0 aromatic carbocycles. The highest BCUT2D eigenvalue weighted by Gasteiger charge is 2.29. The van der Waals surface area contributed by atoms with Gasteiger partial charge in [0.25, 0.3) is 0 Å². The summed E-state index contributed by atoms with van der Waals surface area (Å²) in [7, 11) is -9.79. The topological polar surface area (TPSA) is 231 Å². The minimum Gasteiger partial charge on any atom is -0.463 e. The Hall–Kier alpha value is -4.05. The van der Waals surface area contributed by atoms with E-state index in [1.54, 1.807) is 0 Å². The largest absolute Gasteiger partial charge is 0.472 e. The number of hydrogen-bond acceptors (Lipinski definition) is 14. The smallest absolute Gasteiger partial charge is 0.463 e. The minimum atomic E-state index is -4.93. The van der Waals surface area contributed by atoms with Crippen molar-refractivity contribution in [2.45, 2.75) is 309 Å². The summed E-state index contributed by atoms with van der Waals surface area (Å²) in [6.45, 7) is 2.37. The Morgan fingerprint density at radius 2 is 0.568 bits per heavy atom. The van der Waals surface area contributed by atoms with Crippen molar-refractivity contribution in [2.75, 3.05) is 39.6 Å². The Bertz CT molecular complexity index is 2210. The Morgan fingerprint density at radius 1 is 0.305 bits per heavy atom. The molecule has 0 fully saturated rings. The summed E-state index contributed by atoms with van der Waals surface area (Å²) in [4.78, 5) is 58.3. The average molecular weight is 1380 g/mol. The van der Waals surface area contributed by atoms with Gasteiger partial charge in [-0.05, 0) is 103 Å². The number of ether oxygens (including phenoxy) is 3. The fourth-order valence-corrected chi connectivity index (χ4v) is 11.2. The lowest BCUT2D eigenvalue weighted by Gasteiger charge is -2.21. The van der Waals surface area contributed by atoms with Crippen molar-refractivity contribution in [1.29, 1.82) is 0 Å². The van der Waals surface area contributed by atoms with E-state index in [9.17, 15) is 43.5 Å². The predicted molar refractivity (Wildman–Crippen MR) is 390 cm³/mol. The lowest BCUT2D eigenvalue weighted by atomic mass is 10.0. The number of phosphoric ester groups is 2. The molecule has 0 rings (SSSR count). The number of carbonyl (C=O) groups excluding carboxylic acids is 3. The van der Waals surface area contributed by atoms with Gasteiger partial charge in [-0.1, -0.05) is 290 Å². The molecule has 0 aliphatic heterocycles. The number of allylic oxidation sites excluding steroid dienone is 20. The third-order valence-corrected chi connectivity index (χ3v) is 17.1. The minimum absolute atomic E-state index is 0.0924. The van der Waals surface area contributed by atoms with Crippen molar-refractivity contribution in [3.05, 3.63) is 122 Å². The molecule has 4 N–H and O–H groups in total. The van der Waals surface area contributed by atoms with Crippen LogP contribution < -0.4 is 0 Å². The number of carbonyl (C=O) groups is 3. The molecular formula is C77H132O16P2. The number of unbranched alkanes of at least 4 members (excludes halogenated alkanes) is 26. The molecule has 0 aromatic heterocycles. The molecular weight excluding hydrogens is 1240 g/mol. The van der Waals surface area contributed by atoms with Gasteiger partial charge in [0.05, 0.1) is 26.4 Å². The van der Waals surface area contributed by atoms with Crippen LogP contribution >= 0.6 is 15.6 Å². The van der Waals surface area contributed by atoms with Crippen LogP contribution in [-0.4, -0.2) is 95.9 Å². The highest BCUT2D eigenvalue weighted by atomic mass is 31.2. The predicted octanol–water partition coefficient (Wildman–Crippen LogP) is 21.0. The van der Waals surface area contributed by atoms with Crippen LogP contribution in [0, 0.1) is 0 Å². The first-order valence-corrected chi connectivity index (χ1v) is 39.8. The van der Waals surface area contributed by atoms with Gasteiger partial charge in [-0.25, -0.2) is 9.13 Å². The van der Waals surface area contributed by atoms with Crippen molar-refractivity contribution >= 4 is 33.6 Å². The molecule has 0 amide bonds. The zero-order valence-electron chi connectivity index (χ0n) is 59.3. The van der Waals surface area contributed by atoms with E-state index in [2.05, 4.69) is 130 Å². The van der Waals surface area contributed by atoms with Crippen molar-refractivity contribution < 1.29 is 75.8 Å². The van der Waals surface area contributed by atoms with Crippen LogP contribution in [-0.2, 0) is 55.8 Å². The van der Waals surface area contributed by atoms with E-state index in [1.165, 1.54) is 116 Å². The van der Waals surface area contributed by atoms with Gasteiger partial charge in [0, 0.05) is 19.3 Å². The van der Waals surface area contributed by atoms with Gasteiger partial charge in [-0.3, -0.25) is 32.5 Å².